The number of likely N-dealkylation sites (tertiary alicyclic amines) is 1. The second-order valence-corrected chi connectivity index (χ2v) is 3.11. The molecule has 6 heteroatoms. The molecular formula is C7H12N2O4. The number of hydrogen-bond donors (Lipinski definition) is 3. The van der Waals surface area contributed by atoms with Crippen molar-refractivity contribution < 1.29 is 19.8 Å². The summed E-state index contributed by atoms with van der Waals surface area (Å²) in [4.78, 5) is 22.2. The standard InChI is InChI=1S/C7H12N2O4/c8-4-1-2-9(7(12)13)5(3-4)6(10)11/h4-5H,1-3,8H2,(H,10,11)(H,12,13). The highest BCUT2D eigenvalue weighted by atomic mass is 16.4. The average Bonchev–Trinajstić information content (AvgIpc) is 2.03. The Morgan fingerprint density at radius 3 is 2.46 bits per heavy atom. The van der Waals surface area contributed by atoms with Gasteiger partial charge in [-0.05, 0) is 12.8 Å². The van der Waals surface area contributed by atoms with Gasteiger partial charge in [0.15, 0.2) is 0 Å². The summed E-state index contributed by atoms with van der Waals surface area (Å²) in [5.74, 6) is -1.13. The van der Waals surface area contributed by atoms with E-state index in [-0.39, 0.29) is 19.0 Å². The maximum atomic E-state index is 10.7. The molecule has 0 radical (unpaired) electrons. The van der Waals surface area contributed by atoms with Crippen molar-refractivity contribution in [1.29, 1.82) is 0 Å². The summed E-state index contributed by atoms with van der Waals surface area (Å²) in [6.07, 6.45) is -0.475. The third-order valence-electron chi connectivity index (χ3n) is 2.17. The first kappa shape index (κ1) is 9.79. The highest BCUT2D eigenvalue weighted by Crippen LogP contribution is 2.16. The molecule has 13 heavy (non-hydrogen) atoms. The third kappa shape index (κ3) is 2.09. The molecule has 2 atom stereocenters. The van der Waals surface area contributed by atoms with Crippen molar-refractivity contribution in [2.24, 2.45) is 5.73 Å². The molecule has 0 spiro atoms. The van der Waals surface area contributed by atoms with Gasteiger partial charge in [0.05, 0.1) is 0 Å². The Hall–Kier alpha value is -1.30. The minimum absolute atomic E-state index is 0.196. The molecule has 0 saturated carbocycles. The number of hydrogen-bond acceptors (Lipinski definition) is 3. The van der Waals surface area contributed by atoms with Gasteiger partial charge in [0.25, 0.3) is 0 Å². The predicted molar refractivity (Wildman–Crippen MR) is 43.4 cm³/mol. The van der Waals surface area contributed by atoms with Gasteiger partial charge < -0.3 is 15.9 Å². The Labute approximate surface area is 74.9 Å². The van der Waals surface area contributed by atoms with Crippen LogP contribution < -0.4 is 5.73 Å². The van der Waals surface area contributed by atoms with E-state index in [1.165, 1.54) is 0 Å². The molecule has 1 fully saturated rings. The minimum Gasteiger partial charge on any atom is -0.480 e. The molecule has 0 aromatic rings. The normalized spacial score (nSPS) is 28.5. The van der Waals surface area contributed by atoms with Gasteiger partial charge in [-0.3, -0.25) is 4.90 Å². The monoisotopic (exact) mass is 188 g/mol. The van der Waals surface area contributed by atoms with Crippen molar-refractivity contribution in [3.63, 3.8) is 0 Å². The molecule has 1 saturated heterocycles. The molecule has 1 aliphatic heterocycles. The Morgan fingerprint density at radius 2 is 2.00 bits per heavy atom. The van der Waals surface area contributed by atoms with Crippen molar-refractivity contribution in [2.45, 2.75) is 24.9 Å². The maximum absolute atomic E-state index is 10.7. The van der Waals surface area contributed by atoms with Crippen LogP contribution in [0.15, 0.2) is 0 Å². The van der Waals surface area contributed by atoms with Crippen molar-refractivity contribution in [2.75, 3.05) is 6.54 Å². The smallest absolute Gasteiger partial charge is 0.408 e. The van der Waals surface area contributed by atoms with Crippen LogP contribution in [-0.4, -0.2) is 45.8 Å². The quantitative estimate of drug-likeness (QED) is 0.516. The van der Waals surface area contributed by atoms with Gasteiger partial charge in [-0.15, -0.1) is 0 Å². The van der Waals surface area contributed by atoms with E-state index < -0.39 is 18.1 Å². The number of carboxylic acids is 1. The van der Waals surface area contributed by atoms with Crippen molar-refractivity contribution >= 4 is 12.1 Å². The number of amides is 1. The minimum atomic E-state index is -1.20. The van der Waals surface area contributed by atoms with E-state index in [4.69, 9.17) is 15.9 Å². The van der Waals surface area contributed by atoms with Crippen molar-refractivity contribution in [1.82, 2.24) is 4.90 Å². The summed E-state index contributed by atoms with van der Waals surface area (Å²) in [7, 11) is 0. The first-order valence-corrected chi connectivity index (χ1v) is 4.00. The fourth-order valence-corrected chi connectivity index (χ4v) is 1.46. The van der Waals surface area contributed by atoms with Crippen LogP contribution in [0.25, 0.3) is 0 Å². The third-order valence-corrected chi connectivity index (χ3v) is 2.17. The van der Waals surface area contributed by atoms with Gasteiger partial charge in [-0.25, -0.2) is 9.59 Å². The topological polar surface area (TPSA) is 104 Å². The number of nitrogens with zero attached hydrogens (tertiary/aromatic N) is 1. The van der Waals surface area contributed by atoms with Crippen LogP contribution in [0, 0.1) is 0 Å². The Morgan fingerprint density at radius 1 is 1.38 bits per heavy atom. The maximum Gasteiger partial charge on any atom is 0.408 e. The molecule has 0 bridgehead atoms. The summed E-state index contributed by atoms with van der Waals surface area (Å²) in [6.45, 7) is 0.202. The van der Waals surface area contributed by atoms with Crippen molar-refractivity contribution in [3.8, 4) is 0 Å². The lowest BCUT2D eigenvalue weighted by Crippen LogP contribution is -2.52. The van der Waals surface area contributed by atoms with E-state index >= 15 is 0 Å². The molecule has 0 aromatic carbocycles. The number of carboxylic acid groups (broad SMARTS) is 2. The van der Waals surface area contributed by atoms with Crippen LogP contribution in [0.3, 0.4) is 0 Å². The van der Waals surface area contributed by atoms with Gasteiger partial charge in [0.1, 0.15) is 6.04 Å². The summed E-state index contributed by atoms with van der Waals surface area (Å²) in [6, 6.07) is -1.20. The summed E-state index contributed by atoms with van der Waals surface area (Å²) in [5, 5.41) is 17.4. The summed E-state index contributed by atoms with van der Waals surface area (Å²) in [5.41, 5.74) is 5.54. The molecule has 1 heterocycles. The Kier molecular flexibility index (Phi) is 2.72. The molecule has 1 amide bonds. The molecule has 1 aliphatic rings. The zero-order valence-corrected chi connectivity index (χ0v) is 7.01. The number of aliphatic carboxylic acids is 1. The van der Waals surface area contributed by atoms with E-state index in [9.17, 15) is 9.59 Å². The van der Waals surface area contributed by atoms with E-state index in [2.05, 4.69) is 0 Å². The lowest BCUT2D eigenvalue weighted by molar-refractivity contribution is -0.143. The Balaban J connectivity index is 2.72. The van der Waals surface area contributed by atoms with Crippen LogP contribution in [0.4, 0.5) is 4.79 Å². The molecule has 2 unspecified atom stereocenters. The summed E-state index contributed by atoms with van der Waals surface area (Å²) < 4.78 is 0. The zero-order chi connectivity index (χ0) is 10.0. The fraction of sp³-hybridized carbons (Fsp3) is 0.714. The fourth-order valence-electron chi connectivity index (χ4n) is 1.46. The van der Waals surface area contributed by atoms with Gasteiger partial charge >= 0.3 is 12.1 Å². The van der Waals surface area contributed by atoms with Crippen LogP contribution >= 0.6 is 0 Å². The molecule has 4 N–H and O–H groups in total. The number of rotatable bonds is 1. The van der Waals surface area contributed by atoms with Gasteiger partial charge in [-0.1, -0.05) is 0 Å². The lowest BCUT2D eigenvalue weighted by atomic mass is 9.98. The van der Waals surface area contributed by atoms with E-state index in [1.807, 2.05) is 0 Å². The van der Waals surface area contributed by atoms with Gasteiger partial charge in [0.2, 0.25) is 0 Å². The molecule has 6 nitrogen and oxygen atoms in total. The lowest BCUT2D eigenvalue weighted by Gasteiger charge is -2.33. The van der Waals surface area contributed by atoms with Crippen LogP contribution in [0.1, 0.15) is 12.8 Å². The Bertz CT molecular complexity index is 231. The number of carbonyl (C=O) groups is 2. The van der Waals surface area contributed by atoms with Crippen LogP contribution in [-0.2, 0) is 4.79 Å². The SMILES string of the molecule is NC1CCN(C(=O)O)C(C(=O)O)C1. The van der Waals surface area contributed by atoms with Crippen LogP contribution in [0.5, 0.6) is 0 Å². The second-order valence-electron chi connectivity index (χ2n) is 3.11. The van der Waals surface area contributed by atoms with E-state index in [0.29, 0.717) is 6.42 Å². The first-order chi connectivity index (χ1) is 6.02. The zero-order valence-electron chi connectivity index (χ0n) is 7.01. The largest absolute Gasteiger partial charge is 0.480 e. The van der Waals surface area contributed by atoms with Gasteiger partial charge in [-0.2, -0.15) is 0 Å². The number of piperidine rings is 1. The number of nitrogens with two attached hydrogens (primary N) is 1. The second kappa shape index (κ2) is 3.61. The highest BCUT2D eigenvalue weighted by Gasteiger charge is 2.34. The molecule has 0 aliphatic carbocycles. The van der Waals surface area contributed by atoms with Crippen molar-refractivity contribution in [3.05, 3.63) is 0 Å². The van der Waals surface area contributed by atoms with E-state index in [0.717, 1.165) is 4.90 Å². The molecule has 0 aromatic heterocycles. The average molecular weight is 188 g/mol. The summed E-state index contributed by atoms with van der Waals surface area (Å²) >= 11 is 0. The molecule has 74 valence electrons. The predicted octanol–water partition coefficient (Wildman–Crippen LogP) is -0.459. The van der Waals surface area contributed by atoms with E-state index in [1.54, 1.807) is 0 Å². The van der Waals surface area contributed by atoms with Crippen LogP contribution in [0.2, 0.25) is 0 Å². The molecule has 1 rings (SSSR count). The molecular weight excluding hydrogens is 176 g/mol. The van der Waals surface area contributed by atoms with Gasteiger partial charge in [0, 0.05) is 12.6 Å². The highest BCUT2D eigenvalue weighted by molar-refractivity contribution is 5.79. The first-order valence-electron chi connectivity index (χ1n) is 4.00.